The molecule has 118 valence electrons. The molecular weight excluding hydrogens is 294 g/mol. The van der Waals surface area contributed by atoms with E-state index in [-0.39, 0.29) is 25.0 Å². The summed E-state index contributed by atoms with van der Waals surface area (Å²) in [5.41, 5.74) is 2.79. The predicted molar refractivity (Wildman–Crippen MR) is 86.6 cm³/mol. The van der Waals surface area contributed by atoms with E-state index in [1.54, 1.807) is 23.2 Å². The maximum Gasteiger partial charge on any atom is 0.331 e. The van der Waals surface area contributed by atoms with E-state index in [9.17, 15) is 9.59 Å². The van der Waals surface area contributed by atoms with E-state index in [4.69, 9.17) is 4.74 Å². The molecule has 2 aromatic rings. The van der Waals surface area contributed by atoms with Gasteiger partial charge in [0, 0.05) is 6.20 Å². The minimum atomic E-state index is -0.372. The zero-order valence-electron chi connectivity index (χ0n) is 13.0. The number of amides is 1. The summed E-state index contributed by atoms with van der Waals surface area (Å²) in [6, 6.07) is 9.16. The number of esters is 1. The van der Waals surface area contributed by atoms with Crippen molar-refractivity contribution in [2.45, 2.75) is 13.8 Å². The molecule has 0 unspecified atom stereocenters. The number of carbonyl (C=O) groups excluding carboxylic acids is 2. The summed E-state index contributed by atoms with van der Waals surface area (Å²) in [7, 11) is 0. The van der Waals surface area contributed by atoms with Gasteiger partial charge >= 0.3 is 5.97 Å². The Hall–Kier alpha value is -2.89. The van der Waals surface area contributed by atoms with Crippen molar-refractivity contribution in [2.24, 2.45) is 0 Å². The summed E-state index contributed by atoms with van der Waals surface area (Å²) in [6.45, 7) is 3.98. The number of anilines is 2. The monoisotopic (exact) mass is 311 g/mol. The van der Waals surface area contributed by atoms with Crippen LogP contribution in [0.2, 0.25) is 0 Å². The Morgan fingerprint density at radius 2 is 2.04 bits per heavy atom. The second-order valence-corrected chi connectivity index (χ2v) is 5.57. The number of pyridine rings is 1. The van der Waals surface area contributed by atoms with E-state index < -0.39 is 0 Å². The molecule has 0 saturated carbocycles. The van der Waals surface area contributed by atoms with Gasteiger partial charge in [0.15, 0.2) is 5.75 Å². The summed E-state index contributed by atoms with van der Waals surface area (Å²) in [6.07, 6.45) is 1.64. The molecule has 0 atom stereocenters. The first-order valence-corrected chi connectivity index (χ1v) is 7.30. The molecule has 1 amide bonds. The number of ether oxygens (including phenoxy) is 1. The van der Waals surface area contributed by atoms with Crippen LogP contribution in [-0.4, -0.2) is 29.9 Å². The molecule has 0 saturated heterocycles. The van der Waals surface area contributed by atoms with Crippen LogP contribution in [0.3, 0.4) is 0 Å². The van der Waals surface area contributed by atoms with Crippen LogP contribution in [0.1, 0.15) is 11.1 Å². The van der Waals surface area contributed by atoms with Crippen molar-refractivity contribution in [3.05, 3.63) is 47.7 Å². The van der Waals surface area contributed by atoms with Crippen molar-refractivity contribution in [2.75, 3.05) is 23.3 Å². The molecule has 3 rings (SSSR count). The first kappa shape index (κ1) is 15.0. The normalized spacial score (nSPS) is 13.3. The largest absolute Gasteiger partial charge is 0.423 e. The molecule has 1 aromatic heterocycles. The number of nitrogens with one attached hydrogen (secondary N) is 1. The summed E-state index contributed by atoms with van der Waals surface area (Å²) >= 11 is 0. The number of carbonyl (C=O) groups is 2. The lowest BCUT2D eigenvalue weighted by Gasteiger charge is -2.29. The highest BCUT2D eigenvalue weighted by Gasteiger charge is 2.25. The third kappa shape index (κ3) is 3.48. The van der Waals surface area contributed by atoms with Crippen LogP contribution in [0.15, 0.2) is 36.5 Å². The van der Waals surface area contributed by atoms with Crippen molar-refractivity contribution in [1.29, 1.82) is 0 Å². The Morgan fingerprint density at radius 1 is 1.26 bits per heavy atom. The molecule has 0 spiro atoms. The van der Waals surface area contributed by atoms with Crippen LogP contribution in [0.4, 0.5) is 11.5 Å². The standard InChI is InChI=1S/C17H17N3O3/c1-11-3-4-14-13(7-11)20(10-17(22)23-14)9-16(21)19-15-8-12(2)5-6-18-15/h3-8H,9-10H2,1-2H3,(H,18,19,21). The topological polar surface area (TPSA) is 71.5 Å². The third-order valence-corrected chi connectivity index (χ3v) is 3.52. The van der Waals surface area contributed by atoms with Crippen LogP contribution >= 0.6 is 0 Å². The Kier molecular flexibility index (Phi) is 3.97. The molecule has 0 aliphatic carbocycles. The molecule has 1 aliphatic heterocycles. The Labute approximate surface area is 134 Å². The van der Waals surface area contributed by atoms with Crippen molar-refractivity contribution in [3.63, 3.8) is 0 Å². The van der Waals surface area contributed by atoms with Gasteiger partial charge in [-0.3, -0.25) is 4.79 Å². The summed E-state index contributed by atoms with van der Waals surface area (Å²) in [5.74, 6) is 0.375. The highest BCUT2D eigenvalue weighted by atomic mass is 16.5. The van der Waals surface area contributed by atoms with Gasteiger partial charge in [0.05, 0.1) is 12.2 Å². The molecule has 23 heavy (non-hydrogen) atoms. The minimum Gasteiger partial charge on any atom is -0.423 e. The number of aryl methyl sites for hydroxylation is 2. The summed E-state index contributed by atoms with van der Waals surface area (Å²) in [5, 5.41) is 2.75. The van der Waals surface area contributed by atoms with Crippen LogP contribution < -0.4 is 15.0 Å². The van der Waals surface area contributed by atoms with Crippen molar-refractivity contribution >= 4 is 23.4 Å². The number of benzene rings is 1. The van der Waals surface area contributed by atoms with Crippen molar-refractivity contribution in [1.82, 2.24) is 4.98 Å². The van der Waals surface area contributed by atoms with E-state index in [1.807, 2.05) is 32.0 Å². The molecule has 0 bridgehead atoms. The van der Waals surface area contributed by atoms with E-state index in [2.05, 4.69) is 10.3 Å². The number of aromatic nitrogens is 1. The summed E-state index contributed by atoms with van der Waals surface area (Å²) < 4.78 is 5.21. The second-order valence-electron chi connectivity index (χ2n) is 5.57. The van der Waals surface area contributed by atoms with Gasteiger partial charge in [-0.25, -0.2) is 9.78 Å². The predicted octanol–water partition coefficient (Wildman–Crippen LogP) is 2.06. The number of rotatable bonds is 3. The lowest BCUT2D eigenvalue weighted by Crippen LogP contribution is -2.41. The second kappa shape index (κ2) is 6.08. The fraction of sp³-hybridized carbons (Fsp3) is 0.235. The SMILES string of the molecule is Cc1ccnc(NC(=O)CN2CC(=O)Oc3ccc(C)cc32)c1. The molecule has 1 N–H and O–H groups in total. The fourth-order valence-electron chi connectivity index (χ4n) is 2.46. The van der Waals surface area contributed by atoms with Crippen LogP contribution in [-0.2, 0) is 9.59 Å². The molecule has 6 nitrogen and oxygen atoms in total. The molecule has 0 fully saturated rings. The van der Waals surface area contributed by atoms with Crippen LogP contribution in [0.5, 0.6) is 5.75 Å². The first-order valence-electron chi connectivity index (χ1n) is 7.30. The van der Waals surface area contributed by atoms with Gasteiger partial charge in [-0.1, -0.05) is 6.07 Å². The molecule has 2 heterocycles. The van der Waals surface area contributed by atoms with E-state index in [0.717, 1.165) is 16.8 Å². The number of nitrogens with zero attached hydrogens (tertiary/aromatic N) is 2. The minimum absolute atomic E-state index is 0.0467. The maximum absolute atomic E-state index is 12.2. The molecular formula is C17H17N3O3. The lowest BCUT2D eigenvalue weighted by atomic mass is 10.1. The van der Waals surface area contributed by atoms with Gasteiger partial charge in [-0.05, 0) is 49.2 Å². The Bertz CT molecular complexity index is 773. The number of hydrogen-bond donors (Lipinski definition) is 1. The number of fused-ring (bicyclic) bond motifs is 1. The van der Waals surface area contributed by atoms with Gasteiger partial charge in [0.25, 0.3) is 0 Å². The zero-order chi connectivity index (χ0) is 16.4. The van der Waals surface area contributed by atoms with Crippen LogP contribution in [0, 0.1) is 13.8 Å². The fourth-order valence-corrected chi connectivity index (χ4v) is 2.46. The summed E-state index contributed by atoms with van der Waals surface area (Å²) in [4.78, 5) is 29.8. The van der Waals surface area contributed by atoms with Crippen LogP contribution in [0.25, 0.3) is 0 Å². The van der Waals surface area contributed by atoms with Gasteiger partial charge < -0.3 is 15.0 Å². The molecule has 1 aliphatic rings. The Balaban J connectivity index is 1.76. The zero-order valence-corrected chi connectivity index (χ0v) is 13.0. The van der Waals surface area contributed by atoms with Gasteiger partial charge in [-0.2, -0.15) is 0 Å². The van der Waals surface area contributed by atoms with Gasteiger partial charge in [0.1, 0.15) is 12.4 Å². The van der Waals surface area contributed by atoms with Gasteiger partial charge in [0.2, 0.25) is 5.91 Å². The quantitative estimate of drug-likeness (QED) is 0.694. The molecule has 0 radical (unpaired) electrons. The first-order chi connectivity index (χ1) is 11.0. The average Bonchev–Trinajstić information content (AvgIpc) is 2.48. The highest BCUT2D eigenvalue weighted by molar-refractivity contribution is 5.95. The number of hydrogen-bond acceptors (Lipinski definition) is 5. The lowest BCUT2D eigenvalue weighted by molar-refractivity contribution is -0.133. The highest BCUT2D eigenvalue weighted by Crippen LogP contribution is 2.32. The molecule has 6 heteroatoms. The van der Waals surface area contributed by atoms with Crippen molar-refractivity contribution in [3.8, 4) is 5.75 Å². The van der Waals surface area contributed by atoms with Crippen molar-refractivity contribution < 1.29 is 14.3 Å². The smallest absolute Gasteiger partial charge is 0.331 e. The average molecular weight is 311 g/mol. The maximum atomic E-state index is 12.2. The third-order valence-electron chi connectivity index (χ3n) is 3.52. The van der Waals surface area contributed by atoms with Gasteiger partial charge in [-0.15, -0.1) is 0 Å². The van der Waals surface area contributed by atoms with E-state index >= 15 is 0 Å². The van der Waals surface area contributed by atoms with E-state index in [1.165, 1.54) is 0 Å². The Morgan fingerprint density at radius 3 is 2.83 bits per heavy atom. The van der Waals surface area contributed by atoms with E-state index in [0.29, 0.717) is 11.6 Å². The molecule has 1 aromatic carbocycles.